The van der Waals surface area contributed by atoms with Crippen LogP contribution in [0.3, 0.4) is 0 Å². The third-order valence-electron chi connectivity index (χ3n) is 3.70. The lowest BCUT2D eigenvalue weighted by Gasteiger charge is -2.08. The minimum Gasteiger partial charge on any atom is -0.506 e. The summed E-state index contributed by atoms with van der Waals surface area (Å²) in [5, 5.41) is 27.8. The van der Waals surface area contributed by atoms with Crippen molar-refractivity contribution >= 4 is 11.9 Å². The molecule has 22 heavy (non-hydrogen) atoms. The van der Waals surface area contributed by atoms with Crippen molar-refractivity contribution in [3.05, 3.63) is 28.8 Å². The number of hydrogen-bond acceptors (Lipinski definition) is 3. The van der Waals surface area contributed by atoms with Gasteiger partial charge in [0.15, 0.2) is 0 Å². The molecule has 0 aromatic heterocycles. The number of hydrogen-bond donors (Lipinski definition) is 3. The van der Waals surface area contributed by atoms with Gasteiger partial charge in [-0.15, -0.1) is 0 Å². The molecule has 0 unspecified atom stereocenters. The van der Waals surface area contributed by atoms with Crippen LogP contribution in [-0.4, -0.2) is 27.3 Å². The number of aryl methyl sites for hydroxylation is 1. The Hall–Kier alpha value is -2.04. The smallest absolute Gasteiger partial charge is 0.339 e. The number of carbonyl (C=O) groups is 2. The average molecular weight is 308 g/mol. The maximum atomic E-state index is 11.1. The molecular weight excluding hydrogens is 284 g/mol. The van der Waals surface area contributed by atoms with Crippen molar-refractivity contribution in [3.63, 3.8) is 0 Å². The van der Waals surface area contributed by atoms with E-state index in [1.54, 1.807) is 0 Å². The number of aromatic hydroxyl groups is 1. The Morgan fingerprint density at radius 3 is 1.77 bits per heavy atom. The molecule has 0 radical (unpaired) electrons. The van der Waals surface area contributed by atoms with Crippen molar-refractivity contribution in [3.8, 4) is 5.75 Å². The van der Waals surface area contributed by atoms with E-state index in [2.05, 4.69) is 6.92 Å². The first-order chi connectivity index (χ1) is 10.5. The quantitative estimate of drug-likeness (QED) is 0.566. The van der Waals surface area contributed by atoms with E-state index in [0.29, 0.717) is 12.0 Å². The third-order valence-corrected chi connectivity index (χ3v) is 3.70. The number of rotatable bonds is 10. The zero-order chi connectivity index (χ0) is 16.5. The highest BCUT2D eigenvalue weighted by Gasteiger charge is 2.19. The van der Waals surface area contributed by atoms with Crippen molar-refractivity contribution in [2.75, 3.05) is 0 Å². The molecule has 5 nitrogen and oxygen atoms in total. The van der Waals surface area contributed by atoms with Crippen molar-refractivity contribution in [2.24, 2.45) is 0 Å². The Morgan fingerprint density at radius 2 is 1.32 bits per heavy atom. The second kappa shape index (κ2) is 9.07. The molecule has 0 aliphatic heterocycles. The SMILES string of the molecule is CCCCCCCCCc1cc(C(=O)O)c(O)c(C(=O)O)c1. The Bertz CT molecular complexity index is 487. The molecule has 3 N–H and O–H groups in total. The second-order valence-corrected chi connectivity index (χ2v) is 5.52. The molecule has 0 aliphatic carbocycles. The minimum atomic E-state index is -1.32. The van der Waals surface area contributed by atoms with Gasteiger partial charge in [0.2, 0.25) is 0 Å². The predicted molar refractivity (Wildman–Crippen MR) is 83.7 cm³/mol. The normalized spacial score (nSPS) is 10.6. The summed E-state index contributed by atoms with van der Waals surface area (Å²) in [6, 6.07) is 2.72. The van der Waals surface area contributed by atoms with Gasteiger partial charge in [-0.25, -0.2) is 9.59 Å². The van der Waals surface area contributed by atoms with Crippen LogP contribution in [0, 0.1) is 0 Å². The maximum absolute atomic E-state index is 11.1. The van der Waals surface area contributed by atoms with Gasteiger partial charge in [-0.1, -0.05) is 45.4 Å². The van der Waals surface area contributed by atoms with Crippen LogP contribution in [0.2, 0.25) is 0 Å². The highest BCUT2D eigenvalue weighted by Crippen LogP contribution is 2.26. The molecule has 0 spiro atoms. The number of benzene rings is 1. The van der Waals surface area contributed by atoms with Crippen LogP contribution in [0.5, 0.6) is 5.75 Å². The molecule has 0 fully saturated rings. The summed E-state index contributed by atoms with van der Waals surface area (Å²) in [6.45, 7) is 2.17. The molecule has 1 rings (SSSR count). The first-order valence-electron chi connectivity index (χ1n) is 7.79. The summed E-state index contributed by atoms with van der Waals surface area (Å²) in [6.07, 6.45) is 8.58. The molecule has 0 aliphatic rings. The molecule has 5 heteroatoms. The highest BCUT2D eigenvalue weighted by molar-refractivity contribution is 5.98. The van der Waals surface area contributed by atoms with Crippen LogP contribution in [-0.2, 0) is 6.42 Å². The third kappa shape index (κ3) is 5.39. The molecular formula is C17H24O5. The van der Waals surface area contributed by atoms with E-state index in [1.807, 2.05) is 0 Å². The van der Waals surface area contributed by atoms with Gasteiger partial charge < -0.3 is 15.3 Å². The van der Waals surface area contributed by atoms with Gasteiger partial charge in [0.25, 0.3) is 0 Å². The summed E-state index contributed by atoms with van der Waals surface area (Å²) < 4.78 is 0. The molecule has 122 valence electrons. The Kier molecular flexibility index (Phi) is 7.43. The van der Waals surface area contributed by atoms with Crippen molar-refractivity contribution < 1.29 is 24.9 Å². The van der Waals surface area contributed by atoms with Crippen LogP contribution in [0.1, 0.15) is 78.1 Å². The van der Waals surface area contributed by atoms with E-state index in [0.717, 1.165) is 19.3 Å². The number of unbranched alkanes of at least 4 members (excludes halogenated alkanes) is 6. The fourth-order valence-electron chi connectivity index (χ4n) is 2.45. The van der Waals surface area contributed by atoms with Gasteiger partial charge in [0.05, 0.1) is 0 Å². The molecule has 0 amide bonds. The average Bonchev–Trinajstić information content (AvgIpc) is 2.47. The number of carboxylic acid groups (broad SMARTS) is 2. The fourth-order valence-corrected chi connectivity index (χ4v) is 2.45. The van der Waals surface area contributed by atoms with Crippen molar-refractivity contribution in [1.29, 1.82) is 0 Å². The lowest BCUT2D eigenvalue weighted by atomic mass is 9.99. The first kappa shape index (κ1) is 18.0. The zero-order valence-electron chi connectivity index (χ0n) is 13.0. The van der Waals surface area contributed by atoms with E-state index in [-0.39, 0.29) is 11.1 Å². The van der Waals surface area contributed by atoms with E-state index in [1.165, 1.54) is 37.8 Å². The van der Waals surface area contributed by atoms with Crippen LogP contribution in [0.15, 0.2) is 12.1 Å². The van der Waals surface area contributed by atoms with Crippen LogP contribution in [0.25, 0.3) is 0 Å². The van der Waals surface area contributed by atoms with Gasteiger partial charge in [-0.3, -0.25) is 0 Å². The molecule has 0 saturated heterocycles. The number of carboxylic acids is 2. The van der Waals surface area contributed by atoms with Gasteiger partial charge in [0, 0.05) is 0 Å². The molecule has 1 aromatic rings. The van der Waals surface area contributed by atoms with Gasteiger partial charge in [-0.2, -0.15) is 0 Å². The second-order valence-electron chi connectivity index (χ2n) is 5.52. The molecule has 0 bridgehead atoms. The lowest BCUT2D eigenvalue weighted by molar-refractivity contribution is 0.0691. The number of aromatic carboxylic acids is 2. The molecule has 0 atom stereocenters. The maximum Gasteiger partial charge on any atom is 0.339 e. The van der Waals surface area contributed by atoms with Crippen LogP contribution in [0.4, 0.5) is 0 Å². The topological polar surface area (TPSA) is 94.8 Å². The van der Waals surface area contributed by atoms with Gasteiger partial charge >= 0.3 is 11.9 Å². The largest absolute Gasteiger partial charge is 0.506 e. The zero-order valence-corrected chi connectivity index (χ0v) is 13.0. The van der Waals surface area contributed by atoms with Gasteiger partial charge in [-0.05, 0) is 30.5 Å². The predicted octanol–water partition coefficient (Wildman–Crippen LogP) is 4.08. The molecule has 1 aromatic carbocycles. The highest BCUT2D eigenvalue weighted by atomic mass is 16.4. The Labute approximate surface area is 130 Å². The standard InChI is InChI=1S/C17H24O5/c1-2-3-4-5-6-7-8-9-12-10-13(16(19)20)15(18)14(11-12)17(21)22/h10-11,18H,2-9H2,1H3,(H,19,20)(H,21,22). The van der Waals surface area contributed by atoms with E-state index in [9.17, 15) is 14.7 Å². The molecule has 0 heterocycles. The lowest BCUT2D eigenvalue weighted by Crippen LogP contribution is -2.05. The van der Waals surface area contributed by atoms with Crippen LogP contribution < -0.4 is 0 Å². The Balaban J connectivity index is 2.63. The van der Waals surface area contributed by atoms with E-state index >= 15 is 0 Å². The Morgan fingerprint density at radius 1 is 0.864 bits per heavy atom. The number of phenols is 1. The van der Waals surface area contributed by atoms with Gasteiger partial charge in [0.1, 0.15) is 16.9 Å². The van der Waals surface area contributed by atoms with E-state index < -0.39 is 17.7 Å². The van der Waals surface area contributed by atoms with Crippen LogP contribution >= 0.6 is 0 Å². The summed E-state index contributed by atoms with van der Waals surface area (Å²) in [7, 11) is 0. The van der Waals surface area contributed by atoms with Crippen molar-refractivity contribution in [2.45, 2.75) is 58.3 Å². The monoisotopic (exact) mass is 308 g/mol. The summed E-state index contributed by atoms with van der Waals surface area (Å²) in [5.74, 6) is -3.31. The van der Waals surface area contributed by atoms with E-state index in [4.69, 9.17) is 10.2 Å². The van der Waals surface area contributed by atoms with Crippen molar-refractivity contribution in [1.82, 2.24) is 0 Å². The summed E-state index contributed by atoms with van der Waals surface area (Å²) in [5.41, 5.74) is -0.0585. The summed E-state index contributed by atoms with van der Waals surface area (Å²) in [4.78, 5) is 22.1. The fraction of sp³-hybridized carbons (Fsp3) is 0.529. The minimum absolute atomic E-state index is 0.349. The first-order valence-corrected chi connectivity index (χ1v) is 7.79. The summed E-state index contributed by atoms with van der Waals surface area (Å²) >= 11 is 0. The molecule has 0 saturated carbocycles.